The molecule has 3 aromatic rings. The average Bonchev–Trinajstić information content (AvgIpc) is 3.05. The number of hydrogen-bond donors (Lipinski definition) is 3. The van der Waals surface area contributed by atoms with Gasteiger partial charge in [0, 0.05) is 43.0 Å². The smallest absolute Gasteiger partial charge is 0.158 e. The van der Waals surface area contributed by atoms with Crippen molar-refractivity contribution in [3.05, 3.63) is 42.4 Å². The summed E-state index contributed by atoms with van der Waals surface area (Å²) >= 11 is 0. The van der Waals surface area contributed by atoms with E-state index in [1.807, 2.05) is 18.2 Å². The Labute approximate surface area is 168 Å². The van der Waals surface area contributed by atoms with Crippen molar-refractivity contribution in [3.63, 3.8) is 0 Å². The number of nitrogens with zero attached hydrogens (tertiary/aromatic N) is 5. The first-order valence-electron chi connectivity index (χ1n) is 9.45. The van der Waals surface area contributed by atoms with Gasteiger partial charge in [-0.15, -0.1) is 0 Å². The number of aromatic amines is 1. The molecule has 2 aromatic heterocycles. The molecule has 0 unspecified atom stereocenters. The van der Waals surface area contributed by atoms with Gasteiger partial charge in [0.1, 0.15) is 17.6 Å². The summed E-state index contributed by atoms with van der Waals surface area (Å²) in [7, 11) is 1.68. The maximum atomic E-state index is 8.81. The largest absolute Gasteiger partial charge is 0.496 e. The Kier molecular flexibility index (Phi) is 5.54. The molecule has 148 valence electrons. The Bertz CT molecular complexity index is 1000. The van der Waals surface area contributed by atoms with Crippen molar-refractivity contribution in [1.29, 1.82) is 5.26 Å². The standard InChI is InChI=1S/C20H22N8O/c1-29-18-9-15(28-7-2-5-22-6-8-28)3-4-16(18)17-10-19(27-26-17)25-20-13-23-14(11-21)12-24-20/h3-4,9-10,12-13,22H,2,5-8H2,1H3,(H2,24,25,26,27). The van der Waals surface area contributed by atoms with Crippen LogP contribution in [0.15, 0.2) is 36.7 Å². The first-order chi connectivity index (χ1) is 14.3. The second-order valence-electron chi connectivity index (χ2n) is 6.67. The molecule has 0 bridgehead atoms. The minimum Gasteiger partial charge on any atom is -0.496 e. The van der Waals surface area contributed by atoms with E-state index in [-0.39, 0.29) is 5.69 Å². The van der Waals surface area contributed by atoms with Gasteiger partial charge in [-0.25, -0.2) is 9.97 Å². The number of nitrogens with one attached hydrogen (secondary N) is 3. The van der Waals surface area contributed by atoms with Gasteiger partial charge in [0.15, 0.2) is 11.5 Å². The number of anilines is 3. The van der Waals surface area contributed by atoms with Crippen molar-refractivity contribution in [2.45, 2.75) is 6.42 Å². The highest BCUT2D eigenvalue weighted by Crippen LogP contribution is 2.34. The van der Waals surface area contributed by atoms with Crippen molar-refractivity contribution in [1.82, 2.24) is 25.5 Å². The third-order valence-electron chi connectivity index (χ3n) is 4.78. The molecule has 29 heavy (non-hydrogen) atoms. The molecule has 0 saturated carbocycles. The number of rotatable bonds is 5. The topological polar surface area (TPSA) is 115 Å². The van der Waals surface area contributed by atoms with Crippen LogP contribution in [0, 0.1) is 11.3 Å². The van der Waals surface area contributed by atoms with E-state index in [0.29, 0.717) is 11.6 Å². The first kappa shape index (κ1) is 18.7. The molecule has 3 heterocycles. The number of ether oxygens (including phenoxy) is 1. The maximum absolute atomic E-state index is 8.81. The molecule has 1 aliphatic rings. The molecule has 0 radical (unpaired) electrons. The third kappa shape index (κ3) is 4.28. The minimum absolute atomic E-state index is 0.267. The van der Waals surface area contributed by atoms with Crippen molar-refractivity contribution in [3.8, 4) is 23.1 Å². The number of nitriles is 1. The van der Waals surface area contributed by atoms with Crippen LogP contribution in [0.5, 0.6) is 5.75 Å². The Hall–Kier alpha value is -3.64. The van der Waals surface area contributed by atoms with E-state index in [1.54, 1.807) is 7.11 Å². The summed E-state index contributed by atoms with van der Waals surface area (Å²) in [5.41, 5.74) is 3.18. The lowest BCUT2D eigenvalue weighted by atomic mass is 10.1. The van der Waals surface area contributed by atoms with Crippen LogP contribution < -0.4 is 20.3 Å². The van der Waals surface area contributed by atoms with Gasteiger partial charge < -0.3 is 20.3 Å². The maximum Gasteiger partial charge on any atom is 0.158 e. The average molecular weight is 390 g/mol. The van der Waals surface area contributed by atoms with Crippen LogP contribution in [0.4, 0.5) is 17.3 Å². The molecular formula is C20H22N8O. The molecule has 1 saturated heterocycles. The Morgan fingerprint density at radius 2 is 2.07 bits per heavy atom. The van der Waals surface area contributed by atoms with Crippen molar-refractivity contribution in [2.24, 2.45) is 0 Å². The van der Waals surface area contributed by atoms with Crippen LogP contribution in [0.3, 0.4) is 0 Å². The highest BCUT2D eigenvalue weighted by atomic mass is 16.5. The van der Waals surface area contributed by atoms with Gasteiger partial charge >= 0.3 is 0 Å². The summed E-state index contributed by atoms with van der Waals surface area (Å²) in [4.78, 5) is 10.5. The molecule has 1 aromatic carbocycles. The van der Waals surface area contributed by atoms with E-state index in [4.69, 9.17) is 10.00 Å². The van der Waals surface area contributed by atoms with Crippen LogP contribution in [-0.2, 0) is 0 Å². The Morgan fingerprint density at radius 1 is 1.14 bits per heavy atom. The van der Waals surface area contributed by atoms with E-state index in [1.165, 1.54) is 12.4 Å². The predicted octanol–water partition coefficient (Wildman–Crippen LogP) is 2.29. The molecule has 1 fully saturated rings. The van der Waals surface area contributed by atoms with E-state index in [0.717, 1.165) is 55.3 Å². The molecule has 0 amide bonds. The summed E-state index contributed by atoms with van der Waals surface area (Å²) in [5.74, 6) is 1.90. The number of aromatic nitrogens is 4. The summed E-state index contributed by atoms with van der Waals surface area (Å²) in [5, 5.41) is 22.6. The van der Waals surface area contributed by atoms with Gasteiger partial charge in [-0.05, 0) is 25.1 Å². The molecule has 3 N–H and O–H groups in total. The molecule has 0 atom stereocenters. The van der Waals surface area contributed by atoms with Gasteiger partial charge in [-0.2, -0.15) is 10.4 Å². The van der Waals surface area contributed by atoms with Crippen LogP contribution in [0.2, 0.25) is 0 Å². The third-order valence-corrected chi connectivity index (χ3v) is 4.78. The van der Waals surface area contributed by atoms with Crippen LogP contribution in [0.1, 0.15) is 12.1 Å². The number of hydrogen-bond acceptors (Lipinski definition) is 8. The molecule has 0 spiro atoms. The number of benzene rings is 1. The van der Waals surface area contributed by atoms with Crippen LogP contribution in [0.25, 0.3) is 11.3 Å². The monoisotopic (exact) mass is 390 g/mol. The second kappa shape index (κ2) is 8.58. The summed E-state index contributed by atoms with van der Waals surface area (Å²) < 4.78 is 5.65. The molecule has 9 nitrogen and oxygen atoms in total. The van der Waals surface area contributed by atoms with Gasteiger partial charge in [0.25, 0.3) is 0 Å². The lowest BCUT2D eigenvalue weighted by Gasteiger charge is -2.23. The number of H-pyrrole nitrogens is 1. The van der Waals surface area contributed by atoms with E-state index >= 15 is 0 Å². The second-order valence-corrected chi connectivity index (χ2v) is 6.67. The van der Waals surface area contributed by atoms with Crippen molar-refractivity contribution in [2.75, 3.05) is 43.5 Å². The zero-order valence-corrected chi connectivity index (χ0v) is 16.1. The minimum atomic E-state index is 0.267. The summed E-state index contributed by atoms with van der Waals surface area (Å²) in [6.07, 6.45) is 4.03. The predicted molar refractivity (Wildman–Crippen MR) is 110 cm³/mol. The van der Waals surface area contributed by atoms with Crippen LogP contribution >= 0.6 is 0 Å². The van der Waals surface area contributed by atoms with E-state index in [2.05, 4.69) is 47.8 Å². The quantitative estimate of drug-likeness (QED) is 0.608. The van der Waals surface area contributed by atoms with Gasteiger partial charge in [0.2, 0.25) is 0 Å². The van der Waals surface area contributed by atoms with Gasteiger partial charge in [-0.1, -0.05) is 0 Å². The highest BCUT2D eigenvalue weighted by molar-refractivity contribution is 5.73. The fraction of sp³-hybridized carbons (Fsp3) is 0.300. The summed E-state index contributed by atoms with van der Waals surface area (Å²) in [6.45, 7) is 4.04. The Balaban J connectivity index is 1.54. The zero-order chi connectivity index (χ0) is 20.1. The zero-order valence-electron chi connectivity index (χ0n) is 16.1. The van der Waals surface area contributed by atoms with Gasteiger partial charge in [0.05, 0.1) is 25.2 Å². The molecule has 1 aliphatic heterocycles. The SMILES string of the molecule is COc1cc(N2CCCNCC2)ccc1-c1cc(Nc2cnc(C#N)cn2)n[nH]1. The fourth-order valence-electron chi connectivity index (χ4n) is 3.31. The van der Waals surface area contributed by atoms with E-state index < -0.39 is 0 Å². The van der Waals surface area contributed by atoms with Crippen molar-refractivity contribution >= 4 is 17.3 Å². The van der Waals surface area contributed by atoms with Gasteiger partial charge in [-0.3, -0.25) is 5.10 Å². The lowest BCUT2D eigenvalue weighted by molar-refractivity contribution is 0.416. The number of methoxy groups -OCH3 is 1. The highest BCUT2D eigenvalue weighted by Gasteiger charge is 2.15. The lowest BCUT2D eigenvalue weighted by Crippen LogP contribution is -2.27. The normalized spacial score (nSPS) is 14.1. The molecule has 0 aliphatic carbocycles. The van der Waals surface area contributed by atoms with Crippen molar-refractivity contribution < 1.29 is 4.74 Å². The first-order valence-corrected chi connectivity index (χ1v) is 9.45. The van der Waals surface area contributed by atoms with E-state index in [9.17, 15) is 0 Å². The molecule has 4 rings (SSSR count). The fourth-order valence-corrected chi connectivity index (χ4v) is 3.31. The molecular weight excluding hydrogens is 368 g/mol. The summed E-state index contributed by atoms with van der Waals surface area (Å²) in [6, 6.07) is 10.1. The Morgan fingerprint density at radius 3 is 2.86 bits per heavy atom. The van der Waals surface area contributed by atoms with Crippen LogP contribution in [-0.4, -0.2) is 53.5 Å². The molecule has 9 heteroatoms.